The van der Waals surface area contributed by atoms with Crippen LogP contribution < -0.4 is 15.6 Å². The first-order chi connectivity index (χ1) is 33.4. The second-order valence-corrected chi connectivity index (χ2v) is 21.3. The molecular weight excluding hydrogens is 922 g/mol. The van der Waals surface area contributed by atoms with Crippen LogP contribution in [0.2, 0.25) is 0 Å². The fraction of sp³-hybridized carbons (Fsp3) is 0.635. The molecule has 19 heteroatoms. The highest BCUT2D eigenvalue weighted by molar-refractivity contribution is 5.95. The zero-order valence-electron chi connectivity index (χ0n) is 42.8. The van der Waals surface area contributed by atoms with Crippen LogP contribution in [0.1, 0.15) is 85.1 Å². The number of ether oxygens (including phenoxy) is 4. The van der Waals surface area contributed by atoms with Crippen LogP contribution in [-0.2, 0) is 51.1 Å². The molecule has 16 nitrogen and oxygen atoms in total. The van der Waals surface area contributed by atoms with E-state index in [9.17, 15) is 32.3 Å². The van der Waals surface area contributed by atoms with Crippen molar-refractivity contribution in [3.63, 3.8) is 0 Å². The van der Waals surface area contributed by atoms with Crippen molar-refractivity contribution in [3.8, 4) is 23.1 Å². The number of morpholine rings is 1. The Morgan fingerprint density at radius 3 is 2.52 bits per heavy atom. The van der Waals surface area contributed by atoms with Crippen molar-refractivity contribution >= 4 is 40.3 Å². The van der Waals surface area contributed by atoms with E-state index in [-0.39, 0.29) is 63.0 Å². The summed E-state index contributed by atoms with van der Waals surface area (Å²) in [5.41, 5.74) is 4.95. The Labute approximate surface area is 415 Å². The summed E-state index contributed by atoms with van der Waals surface area (Å²) in [4.78, 5) is 65.9. The molecule has 7 rings (SSSR count). The number of cyclic esters (lactones) is 1. The van der Waals surface area contributed by atoms with Gasteiger partial charge in [-0.2, -0.15) is 13.2 Å². The number of fused-ring (bicyclic) bond motifs is 6. The number of nitrogens with zero attached hydrogens (tertiary/aromatic N) is 6. The Hall–Kier alpha value is -5.26. The highest BCUT2D eigenvalue weighted by Crippen LogP contribution is 2.43. The maximum atomic E-state index is 14.7. The Morgan fingerprint density at radius 2 is 1.83 bits per heavy atom. The minimum absolute atomic E-state index is 0.0563. The van der Waals surface area contributed by atoms with Crippen LogP contribution in [0, 0.1) is 29.1 Å². The summed E-state index contributed by atoms with van der Waals surface area (Å²) in [5, 5.41) is 5.04. The number of hydrazine groups is 1. The van der Waals surface area contributed by atoms with E-state index < -0.39 is 65.8 Å². The highest BCUT2D eigenvalue weighted by atomic mass is 19.4. The smallest absolute Gasteiger partial charge is 0.406 e. The fourth-order valence-corrected chi connectivity index (χ4v) is 9.47. The number of aromatic nitrogens is 2. The van der Waals surface area contributed by atoms with Crippen molar-refractivity contribution in [2.24, 2.45) is 17.3 Å². The fourth-order valence-electron chi connectivity index (χ4n) is 9.47. The van der Waals surface area contributed by atoms with Gasteiger partial charge in [-0.05, 0) is 102 Å². The van der Waals surface area contributed by atoms with Crippen LogP contribution in [-0.4, -0.2) is 158 Å². The monoisotopic (exact) mass is 993 g/mol. The lowest BCUT2D eigenvalue weighted by Gasteiger charge is -2.39. The molecule has 0 aliphatic carbocycles. The first kappa shape index (κ1) is 53.5. The summed E-state index contributed by atoms with van der Waals surface area (Å²) < 4.78 is 69.6. The van der Waals surface area contributed by atoms with Gasteiger partial charge in [0.05, 0.1) is 61.0 Å². The number of alkyl halides is 3. The van der Waals surface area contributed by atoms with Gasteiger partial charge in [-0.1, -0.05) is 33.6 Å². The van der Waals surface area contributed by atoms with E-state index in [1.54, 1.807) is 36.2 Å². The number of hydrogen-bond acceptors (Lipinski definition) is 12. The van der Waals surface area contributed by atoms with Crippen LogP contribution in [0.25, 0.3) is 22.2 Å². The number of rotatable bonds is 11. The van der Waals surface area contributed by atoms with Crippen molar-refractivity contribution in [3.05, 3.63) is 47.8 Å². The lowest BCUT2D eigenvalue weighted by atomic mass is 9.84. The third-order valence-electron chi connectivity index (χ3n) is 14.3. The number of hydrogen-bond donors (Lipinski definition) is 2. The number of anilines is 1. The Kier molecular flexibility index (Phi) is 16.5. The normalized spacial score (nSPS) is 22.4. The summed E-state index contributed by atoms with van der Waals surface area (Å²) in [6.07, 6.45) is -3.18. The molecule has 0 spiro atoms. The largest absolute Gasteiger partial charge is 0.464 e. The summed E-state index contributed by atoms with van der Waals surface area (Å²) >= 11 is 0. The predicted octanol–water partition coefficient (Wildman–Crippen LogP) is 5.52. The molecule has 3 amide bonds. The Balaban J connectivity index is 1.19. The van der Waals surface area contributed by atoms with Crippen molar-refractivity contribution in [2.45, 2.75) is 123 Å². The van der Waals surface area contributed by atoms with Gasteiger partial charge in [0.25, 0.3) is 11.8 Å². The molecule has 4 aliphatic rings. The van der Waals surface area contributed by atoms with Gasteiger partial charge in [0.15, 0.2) is 0 Å². The summed E-state index contributed by atoms with van der Waals surface area (Å²) in [5.74, 6) is 3.24. The predicted molar refractivity (Wildman–Crippen MR) is 262 cm³/mol. The van der Waals surface area contributed by atoms with E-state index in [1.807, 2.05) is 72.7 Å². The van der Waals surface area contributed by atoms with Crippen molar-refractivity contribution in [2.75, 3.05) is 78.6 Å². The summed E-state index contributed by atoms with van der Waals surface area (Å²) in [6.45, 7) is 14.0. The molecule has 2 aromatic heterocycles. The number of amides is 3. The minimum Gasteiger partial charge on any atom is -0.464 e. The summed E-state index contributed by atoms with van der Waals surface area (Å²) in [6, 6.07) is 6.96. The third kappa shape index (κ3) is 12.7. The Morgan fingerprint density at radius 1 is 1.08 bits per heavy atom. The van der Waals surface area contributed by atoms with Crippen molar-refractivity contribution in [1.29, 1.82) is 0 Å². The molecule has 0 radical (unpaired) electrons. The molecule has 6 bridgehead atoms. The molecule has 3 saturated heterocycles. The summed E-state index contributed by atoms with van der Waals surface area (Å²) in [7, 11) is 5.32. The highest BCUT2D eigenvalue weighted by Gasteiger charge is 2.40. The molecule has 6 heterocycles. The van der Waals surface area contributed by atoms with Crippen LogP contribution in [0.3, 0.4) is 0 Å². The second-order valence-electron chi connectivity index (χ2n) is 21.3. The minimum atomic E-state index is -4.58. The average molecular weight is 993 g/mol. The lowest BCUT2D eigenvalue weighted by molar-refractivity contribution is -0.156. The van der Waals surface area contributed by atoms with Crippen LogP contribution in [0.4, 0.5) is 18.9 Å². The van der Waals surface area contributed by atoms with Gasteiger partial charge < -0.3 is 38.6 Å². The first-order valence-corrected chi connectivity index (χ1v) is 24.7. The average Bonchev–Trinajstić information content (AvgIpc) is 3.58. The number of halogens is 3. The number of carbonyl (C=O) groups excluding carboxylic acids is 4. The van der Waals surface area contributed by atoms with Gasteiger partial charge in [-0.15, -0.1) is 0 Å². The van der Waals surface area contributed by atoms with E-state index in [4.69, 9.17) is 18.9 Å². The zero-order chi connectivity index (χ0) is 51.6. The standard InChI is InChI=1S/C52H71F3N8O8/c1-32(2)40(29-70-36-27-61(28-36)44(64)17-18-51(6,7)59(8)9)47(65)57-42-24-35-26-60(21-22-69-35)34-15-16-43-38(23-34)39(25-50(4,5)31-71-49(67)41-14-12-20-63(58-41)48(42)66)46(62(43)30-52(53,54)55)37-13-11-19-56-45(37)33(3)68-10/h11,13,15-16,19,23,32-33,35-36,40-42,58H,12,14,20-22,24-31H2,1-10H3,(H,57,65)/t33-,35-,40-,41-,42-/m0/s1. The molecule has 3 aromatic rings. The molecule has 3 fully saturated rings. The molecular formula is C52H71F3N8O8. The van der Waals surface area contributed by atoms with E-state index in [0.29, 0.717) is 72.4 Å². The van der Waals surface area contributed by atoms with E-state index >= 15 is 0 Å². The lowest BCUT2D eigenvalue weighted by Crippen LogP contribution is -2.61. The number of esters is 1. The Bertz CT molecular complexity index is 2490. The van der Waals surface area contributed by atoms with E-state index in [0.717, 1.165) is 5.69 Å². The second kappa shape index (κ2) is 21.8. The number of nitrogens with one attached hydrogen (secondary N) is 2. The topological polar surface area (TPSA) is 160 Å². The maximum absolute atomic E-state index is 14.7. The SMILES string of the molecule is CO[C@@H](C)c1ncccc1-c1c2c3cc(ccc3n1CC(F)(F)F)N1CCO[C@@H](C[C@H](NC(=O)[C@@H](COC3CN(C(=O)C#CC(C)(C)N(C)C)C3)C(C)C)C(=O)N3CCC[C@H](N3)C(=O)OCC(C)(C)C2)C1. The van der Waals surface area contributed by atoms with Gasteiger partial charge in [0.2, 0.25) is 5.91 Å². The number of likely N-dealkylation sites (tertiary alicyclic amines) is 1. The molecule has 0 saturated carbocycles. The van der Waals surface area contributed by atoms with Gasteiger partial charge >= 0.3 is 12.1 Å². The van der Waals surface area contributed by atoms with Crippen molar-refractivity contribution in [1.82, 2.24) is 35.1 Å². The molecule has 388 valence electrons. The molecule has 0 unspecified atom stereocenters. The number of benzene rings is 1. The van der Waals surface area contributed by atoms with E-state index in [2.05, 4.69) is 32.5 Å². The molecule has 4 aliphatic heterocycles. The van der Waals surface area contributed by atoms with Gasteiger partial charge in [0, 0.05) is 80.0 Å². The quantitative estimate of drug-likeness (QED) is 0.184. The molecule has 71 heavy (non-hydrogen) atoms. The van der Waals surface area contributed by atoms with Crippen LogP contribution in [0.15, 0.2) is 36.5 Å². The molecule has 2 N–H and O–H groups in total. The van der Waals surface area contributed by atoms with Gasteiger partial charge in [-0.3, -0.25) is 34.1 Å². The number of pyridine rings is 1. The number of methoxy groups -OCH3 is 1. The van der Waals surface area contributed by atoms with Gasteiger partial charge in [-0.25, -0.2) is 5.43 Å². The third-order valence-corrected chi connectivity index (χ3v) is 14.3. The van der Waals surface area contributed by atoms with Crippen molar-refractivity contribution < 1.29 is 51.3 Å². The van der Waals surface area contributed by atoms with Gasteiger partial charge in [0.1, 0.15) is 18.6 Å². The maximum Gasteiger partial charge on any atom is 0.406 e. The van der Waals surface area contributed by atoms with E-state index in [1.165, 1.54) is 16.7 Å². The van der Waals surface area contributed by atoms with Crippen LogP contribution in [0.5, 0.6) is 0 Å². The zero-order valence-corrected chi connectivity index (χ0v) is 42.8. The number of carbonyl (C=O) groups is 4. The first-order valence-electron chi connectivity index (χ1n) is 24.7. The van der Waals surface area contributed by atoms with Crippen LogP contribution >= 0.6 is 0 Å². The molecule has 1 aromatic carbocycles. The molecule has 5 atom stereocenters.